The summed E-state index contributed by atoms with van der Waals surface area (Å²) >= 11 is 0. The molecule has 0 fully saturated rings. The second kappa shape index (κ2) is 6.51. The zero-order valence-corrected chi connectivity index (χ0v) is 11.3. The molecular weight excluding hydrogens is 276 g/mol. The number of aromatic nitrogens is 3. The SMILES string of the molecule is COc1cc(NC(=O)CCn2ccnn2)ccc1C(=O)O. The number of aryl methyl sites for hydroxylation is 1. The second-order valence-electron chi connectivity index (χ2n) is 4.18. The Labute approximate surface area is 120 Å². The molecule has 2 rings (SSSR count). The third-order valence-corrected chi connectivity index (χ3v) is 2.76. The summed E-state index contributed by atoms with van der Waals surface area (Å²) in [5.74, 6) is -1.11. The number of carbonyl (C=O) groups excluding carboxylic acids is 1. The molecule has 1 heterocycles. The number of aromatic carboxylic acids is 1. The van der Waals surface area contributed by atoms with Gasteiger partial charge in [0, 0.05) is 24.4 Å². The van der Waals surface area contributed by atoms with Crippen molar-refractivity contribution in [1.82, 2.24) is 15.0 Å². The van der Waals surface area contributed by atoms with E-state index in [9.17, 15) is 9.59 Å². The summed E-state index contributed by atoms with van der Waals surface area (Å²) in [6, 6.07) is 4.37. The van der Waals surface area contributed by atoms with Crippen molar-refractivity contribution in [2.75, 3.05) is 12.4 Å². The van der Waals surface area contributed by atoms with Crippen LogP contribution in [0.15, 0.2) is 30.6 Å². The fourth-order valence-corrected chi connectivity index (χ4v) is 1.74. The van der Waals surface area contributed by atoms with Crippen molar-refractivity contribution < 1.29 is 19.4 Å². The van der Waals surface area contributed by atoms with Crippen LogP contribution in [0.3, 0.4) is 0 Å². The number of amides is 1. The van der Waals surface area contributed by atoms with Crippen LogP contribution in [0.5, 0.6) is 5.75 Å². The molecular formula is C13H14N4O4. The highest BCUT2D eigenvalue weighted by Crippen LogP contribution is 2.23. The predicted molar refractivity (Wildman–Crippen MR) is 73.2 cm³/mol. The van der Waals surface area contributed by atoms with E-state index in [1.165, 1.54) is 31.5 Å². The Balaban J connectivity index is 1.99. The molecule has 2 aromatic rings. The number of rotatable bonds is 6. The first-order valence-corrected chi connectivity index (χ1v) is 6.15. The fourth-order valence-electron chi connectivity index (χ4n) is 1.74. The molecule has 0 bridgehead atoms. The van der Waals surface area contributed by atoms with Gasteiger partial charge in [-0.2, -0.15) is 0 Å². The number of benzene rings is 1. The van der Waals surface area contributed by atoms with Crippen molar-refractivity contribution in [2.24, 2.45) is 0 Å². The van der Waals surface area contributed by atoms with Crippen LogP contribution in [-0.2, 0) is 11.3 Å². The fraction of sp³-hybridized carbons (Fsp3) is 0.231. The largest absolute Gasteiger partial charge is 0.496 e. The molecule has 0 atom stereocenters. The minimum atomic E-state index is -1.09. The number of hydrogen-bond acceptors (Lipinski definition) is 5. The minimum absolute atomic E-state index is 0.0399. The molecule has 2 N–H and O–H groups in total. The van der Waals surface area contributed by atoms with Crippen molar-refractivity contribution in [3.05, 3.63) is 36.2 Å². The van der Waals surface area contributed by atoms with Crippen LogP contribution in [0.2, 0.25) is 0 Å². The van der Waals surface area contributed by atoms with E-state index >= 15 is 0 Å². The summed E-state index contributed by atoms with van der Waals surface area (Å²) < 4.78 is 6.54. The Hall–Kier alpha value is -2.90. The van der Waals surface area contributed by atoms with Crippen LogP contribution >= 0.6 is 0 Å². The van der Waals surface area contributed by atoms with Crippen molar-refractivity contribution >= 4 is 17.6 Å². The van der Waals surface area contributed by atoms with E-state index in [4.69, 9.17) is 9.84 Å². The van der Waals surface area contributed by atoms with E-state index in [-0.39, 0.29) is 23.6 Å². The number of carbonyl (C=O) groups is 2. The van der Waals surface area contributed by atoms with Crippen LogP contribution in [0.4, 0.5) is 5.69 Å². The molecule has 1 aromatic carbocycles. The first-order chi connectivity index (χ1) is 10.1. The van der Waals surface area contributed by atoms with Gasteiger partial charge in [-0.15, -0.1) is 5.10 Å². The molecule has 0 unspecified atom stereocenters. The molecule has 0 aliphatic carbocycles. The lowest BCUT2D eigenvalue weighted by Crippen LogP contribution is -2.15. The van der Waals surface area contributed by atoms with Gasteiger partial charge in [-0.05, 0) is 12.1 Å². The number of hydrogen-bond donors (Lipinski definition) is 2. The maximum absolute atomic E-state index is 11.8. The normalized spacial score (nSPS) is 10.1. The third-order valence-electron chi connectivity index (χ3n) is 2.76. The van der Waals surface area contributed by atoms with Crippen molar-refractivity contribution in [2.45, 2.75) is 13.0 Å². The molecule has 1 aromatic heterocycles. The number of nitrogens with one attached hydrogen (secondary N) is 1. The zero-order chi connectivity index (χ0) is 15.2. The Morgan fingerprint density at radius 3 is 2.86 bits per heavy atom. The summed E-state index contributed by atoms with van der Waals surface area (Å²) in [5.41, 5.74) is 0.513. The summed E-state index contributed by atoms with van der Waals surface area (Å²) in [7, 11) is 1.37. The molecule has 21 heavy (non-hydrogen) atoms. The van der Waals surface area contributed by atoms with E-state index in [0.29, 0.717) is 12.2 Å². The van der Waals surface area contributed by atoms with Gasteiger partial charge in [0.05, 0.1) is 19.9 Å². The Kier molecular flexibility index (Phi) is 4.50. The van der Waals surface area contributed by atoms with E-state index in [1.807, 2.05) is 0 Å². The lowest BCUT2D eigenvalue weighted by atomic mass is 10.2. The number of anilines is 1. The lowest BCUT2D eigenvalue weighted by molar-refractivity contribution is -0.116. The molecule has 8 nitrogen and oxygen atoms in total. The van der Waals surface area contributed by atoms with Gasteiger partial charge in [-0.3, -0.25) is 9.48 Å². The third kappa shape index (κ3) is 3.78. The first kappa shape index (κ1) is 14.5. The Morgan fingerprint density at radius 1 is 1.43 bits per heavy atom. The first-order valence-electron chi connectivity index (χ1n) is 6.15. The lowest BCUT2D eigenvalue weighted by Gasteiger charge is -2.09. The standard InChI is InChI=1S/C13H14N4O4/c1-21-11-8-9(2-3-10(11)13(19)20)15-12(18)4-6-17-7-5-14-16-17/h2-3,5,7-8H,4,6H2,1H3,(H,15,18)(H,19,20). The maximum atomic E-state index is 11.8. The van der Waals surface area contributed by atoms with Gasteiger partial charge in [0.2, 0.25) is 5.91 Å². The highest BCUT2D eigenvalue weighted by Gasteiger charge is 2.12. The molecule has 8 heteroatoms. The van der Waals surface area contributed by atoms with E-state index < -0.39 is 5.97 Å². The number of ether oxygens (including phenoxy) is 1. The van der Waals surface area contributed by atoms with Crippen LogP contribution in [0.1, 0.15) is 16.8 Å². The smallest absolute Gasteiger partial charge is 0.339 e. The number of methoxy groups -OCH3 is 1. The summed E-state index contributed by atoms with van der Waals surface area (Å²) in [4.78, 5) is 22.8. The van der Waals surface area contributed by atoms with Crippen LogP contribution in [0, 0.1) is 0 Å². The minimum Gasteiger partial charge on any atom is -0.496 e. The van der Waals surface area contributed by atoms with Gasteiger partial charge in [0.25, 0.3) is 0 Å². The molecule has 0 saturated heterocycles. The van der Waals surface area contributed by atoms with Gasteiger partial charge in [-0.25, -0.2) is 4.79 Å². The average molecular weight is 290 g/mol. The summed E-state index contributed by atoms with van der Waals surface area (Å²) in [6.45, 7) is 0.413. The highest BCUT2D eigenvalue weighted by molar-refractivity contribution is 5.94. The van der Waals surface area contributed by atoms with Gasteiger partial charge in [0.1, 0.15) is 11.3 Å². The molecule has 0 saturated carbocycles. The van der Waals surface area contributed by atoms with Crippen molar-refractivity contribution in [3.8, 4) is 5.75 Å². The van der Waals surface area contributed by atoms with Crippen molar-refractivity contribution in [3.63, 3.8) is 0 Å². The number of carboxylic acids is 1. The predicted octanol–water partition coefficient (Wildman–Crippen LogP) is 1.01. The number of nitrogens with zero attached hydrogens (tertiary/aromatic N) is 3. The summed E-state index contributed by atoms with van der Waals surface area (Å²) in [6.07, 6.45) is 3.43. The van der Waals surface area contributed by atoms with Gasteiger partial charge in [-0.1, -0.05) is 5.21 Å². The van der Waals surface area contributed by atoms with Gasteiger partial charge < -0.3 is 15.2 Å². The molecule has 0 aliphatic rings. The van der Waals surface area contributed by atoms with Crippen molar-refractivity contribution in [1.29, 1.82) is 0 Å². The van der Waals surface area contributed by atoms with Crippen LogP contribution in [-0.4, -0.2) is 39.1 Å². The molecule has 1 amide bonds. The van der Waals surface area contributed by atoms with E-state index in [2.05, 4.69) is 15.6 Å². The molecule has 0 radical (unpaired) electrons. The van der Waals surface area contributed by atoms with Gasteiger partial charge >= 0.3 is 5.97 Å². The van der Waals surface area contributed by atoms with Crippen LogP contribution < -0.4 is 10.1 Å². The monoisotopic (exact) mass is 290 g/mol. The molecule has 0 aliphatic heterocycles. The number of carboxylic acid groups (broad SMARTS) is 1. The van der Waals surface area contributed by atoms with E-state index in [1.54, 1.807) is 10.9 Å². The van der Waals surface area contributed by atoms with Gasteiger partial charge in [0.15, 0.2) is 0 Å². The zero-order valence-electron chi connectivity index (χ0n) is 11.3. The van der Waals surface area contributed by atoms with E-state index in [0.717, 1.165) is 0 Å². The van der Waals surface area contributed by atoms with Crippen LogP contribution in [0.25, 0.3) is 0 Å². The Morgan fingerprint density at radius 2 is 2.24 bits per heavy atom. The molecule has 110 valence electrons. The summed E-state index contributed by atoms with van der Waals surface area (Å²) in [5, 5.41) is 19.0. The average Bonchev–Trinajstić information content (AvgIpc) is 2.98. The Bertz CT molecular complexity index is 640. The maximum Gasteiger partial charge on any atom is 0.339 e. The molecule has 0 spiro atoms. The quantitative estimate of drug-likeness (QED) is 0.822. The second-order valence-corrected chi connectivity index (χ2v) is 4.18. The highest BCUT2D eigenvalue weighted by atomic mass is 16.5. The topological polar surface area (TPSA) is 106 Å².